The van der Waals surface area contributed by atoms with Gasteiger partial charge in [-0.1, -0.05) is 6.92 Å². The molecule has 0 N–H and O–H groups in total. The molecule has 2 heterocycles. The second-order valence-corrected chi connectivity index (χ2v) is 6.53. The van der Waals surface area contributed by atoms with E-state index < -0.39 is 26.8 Å². The van der Waals surface area contributed by atoms with Crippen molar-refractivity contribution in [2.24, 2.45) is 0 Å². The van der Waals surface area contributed by atoms with Crippen molar-refractivity contribution >= 4 is 9.84 Å². The molecule has 2 aromatic heterocycles. The molecule has 0 aliphatic carbocycles. The van der Waals surface area contributed by atoms with Crippen LogP contribution in [0.3, 0.4) is 0 Å². The van der Waals surface area contributed by atoms with E-state index in [0.29, 0.717) is 0 Å². The van der Waals surface area contributed by atoms with Crippen molar-refractivity contribution in [2.45, 2.75) is 30.2 Å². The van der Waals surface area contributed by atoms with Crippen LogP contribution in [0.2, 0.25) is 0 Å². The van der Waals surface area contributed by atoms with Gasteiger partial charge in [0.25, 0.3) is 0 Å². The van der Waals surface area contributed by atoms with Crippen molar-refractivity contribution in [2.75, 3.05) is 0 Å². The molecule has 0 aliphatic rings. The average Bonchev–Trinajstić information content (AvgIpc) is 2.47. The first kappa shape index (κ1) is 14.4. The van der Waals surface area contributed by atoms with Crippen molar-refractivity contribution in [1.82, 2.24) is 19.9 Å². The summed E-state index contributed by atoms with van der Waals surface area (Å²) in [5.74, 6) is -0.814. The first-order valence-corrected chi connectivity index (χ1v) is 7.46. The minimum atomic E-state index is -3.69. The Balaban J connectivity index is 2.31. The molecule has 2 aromatic rings. The second kappa shape index (κ2) is 5.58. The summed E-state index contributed by atoms with van der Waals surface area (Å²) in [5, 5.41) is -1.06. The predicted octanol–water partition coefficient (Wildman–Crippen LogP) is 1.37. The number of hydrogen-bond donors (Lipinski definition) is 0. The number of nitrogens with zero attached hydrogens (tertiary/aromatic N) is 4. The van der Waals surface area contributed by atoms with Gasteiger partial charge in [-0.25, -0.2) is 32.7 Å². The third-order valence-corrected chi connectivity index (χ3v) is 5.14. The van der Waals surface area contributed by atoms with Gasteiger partial charge in [-0.15, -0.1) is 0 Å². The Bertz CT molecular complexity index is 676. The van der Waals surface area contributed by atoms with E-state index in [1.807, 2.05) is 0 Å². The zero-order chi connectivity index (χ0) is 14.8. The predicted molar refractivity (Wildman–Crippen MR) is 69.1 cm³/mol. The van der Waals surface area contributed by atoms with Gasteiger partial charge in [0.1, 0.15) is 5.82 Å². The summed E-state index contributed by atoms with van der Waals surface area (Å²) in [5.41, 5.74) is 0. The summed E-state index contributed by atoms with van der Waals surface area (Å²) < 4.78 is 37.5. The molecule has 0 radical (unpaired) electrons. The van der Waals surface area contributed by atoms with Crippen LogP contribution in [0.25, 0.3) is 0 Å². The van der Waals surface area contributed by atoms with Crippen LogP contribution < -0.4 is 0 Å². The van der Waals surface area contributed by atoms with Crippen LogP contribution in [0.15, 0.2) is 36.0 Å². The zero-order valence-corrected chi connectivity index (χ0v) is 11.7. The van der Waals surface area contributed by atoms with Crippen molar-refractivity contribution in [3.63, 3.8) is 0 Å². The lowest BCUT2D eigenvalue weighted by atomic mass is 10.1. The molecule has 0 saturated carbocycles. The van der Waals surface area contributed by atoms with Crippen molar-refractivity contribution in [3.05, 3.63) is 42.5 Å². The van der Waals surface area contributed by atoms with Gasteiger partial charge in [-0.2, -0.15) is 0 Å². The molecule has 2 rings (SSSR count). The number of hydrogen-bond acceptors (Lipinski definition) is 6. The van der Waals surface area contributed by atoms with Gasteiger partial charge in [0.15, 0.2) is 5.82 Å². The molecule has 0 amide bonds. The summed E-state index contributed by atoms with van der Waals surface area (Å²) >= 11 is 0. The molecule has 106 valence electrons. The molecular weight excluding hydrogens is 283 g/mol. The van der Waals surface area contributed by atoms with E-state index >= 15 is 0 Å². The van der Waals surface area contributed by atoms with Gasteiger partial charge in [0, 0.05) is 18.3 Å². The second-order valence-electron chi connectivity index (χ2n) is 4.33. The lowest BCUT2D eigenvalue weighted by molar-refractivity contribution is 0.550. The maximum absolute atomic E-state index is 12.8. The number of aromatic nitrogens is 4. The van der Waals surface area contributed by atoms with E-state index in [-0.39, 0.29) is 11.0 Å². The smallest absolute Gasteiger partial charge is 0.238 e. The van der Waals surface area contributed by atoms with E-state index in [1.165, 1.54) is 25.4 Å². The molecule has 8 heteroatoms. The Morgan fingerprint density at radius 3 is 2.15 bits per heavy atom. The average molecular weight is 296 g/mol. The topological polar surface area (TPSA) is 85.7 Å². The van der Waals surface area contributed by atoms with Gasteiger partial charge < -0.3 is 0 Å². The molecule has 0 saturated heterocycles. The van der Waals surface area contributed by atoms with Gasteiger partial charge in [0.05, 0.1) is 17.6 Å². The number of halogens is 1. The van der Waals surface area contributed by atoms with Crippen LogP contribution in [-0.2, 0) is 9.84 Å². The minimum absolute atomic E-state index is 0.235. The highest BCUT2D eigenvalue weighted by molar-refractivity contribution is 7.91. The van der Waals surface area contributed by atoms with Gasteiger partial charge in [-0.05, 0) is 13.0 Å². The molecular formula is C12H13FN4O2S. The maximum atomic E-state index is 12.8. The molecule has 0 unspecified atom stereocenters. The summed E-state index contributed by atoms with van der Waals surface area (Å²) in [7, 11) is -3.69. The highest BCUT2D eigenvalue weighted by Crippen LogP contribution is 2.24. The highest BCUT2D eigenvalue weighted by atomic mass is 32.2. The normalized spacial score (nSPS) is 14.8. The molecule has 6 nitrogen and oxygen atoms in total. The molecule has 0 fully saturated rings. The molecule has 0 bridgehead atoms. The minimum Gasteiger partial charge on any atom is -0.238 e. The maximum Gasteiger partial charge on any atom is 0.247 e. The van der Waals surface area contributed by atoms with Crippen LogP contribution in [0.5, 0.6) is 0 Å². The van der Waals surface area contributed by atoms with Crippen LogP contribution in [0.4, 0.5) is 4.39 Å². The SMILES string of the molecule is C[C@@H](c1ncc(F)cn1)[C@H](C)S(=O)(=O)c1ncccn1. The quantitative estimate of drug-likeness (QED) is 0.792. The highest BCUT2D eigenvalue weighted by Gasteiger charge is 2.32. The number of rotatable bonds is 4. The monoisotopic (exact) mass is 296 g/mol. The van der Waals surface area contributed by atoms with Crippen LogP contribution in [0.1, 0.15) is 25.6 Å². The van der Waals surface area contributed by atoms with E-state index in [9.17, 15) is 12.8 Å². The fourth-order valence-electron chi connectivity index (χ4n) is 1.63. The Kier molecular flexibility index (Phi) is 4.03. The first-order chi connectivity index (χ1) is 9.43. The van der Waals surface area contributed by atoms with Gasteiger partial charge >= 0.3 is 0 Å². The van der Waals surface area contributed by atoms with Crippen molar-refractivity contribution in [3.8, 4) is 0 Å². The summed E-state index contributed by atoms with van der Waals surface area (Å²) in [6, 6.07) is 1.54. The third kappa shape index (κ3) is 2.79. The Morgan fingerprint density at radius 1 is 1.05 bits per heavy atom. The van der Waals surface area contributed by atoms with Crippen LogP contribution in [0, 0.1) is 5.82 Å². The lowest BCUT2D eigenvalue weighted by Crippen LogP contribution is -2.26. The molecule has 0 spiro atoms. The summed E-state index contributed by atoms with van der Waals surface area (Å²) in [4.78, 5) is 15.2. The molecule has 20 heavy (non-hydrogen) atoms. The van der Waals surface area contributed by atoms with E-state index in [0.717, 1.165) is 12.4 Å². The fourth-order valence-corrected chi connectivity index (χ4v) is 3.04. The van der Waals surface area contributed by atoms with Gasteiger partial charge in [0.2, 0.25) is 15.0 Å². The van der Waals surface area contributed by atoms with E-state index in [2.05, 4.69) is 19.9 Å². The Hall–Kier alpha value is -1.96. The van der Waals surface area contributed by atoms with E-state index in [4.69, 9.17) is 0 Å². The lowest BCUT2D eigenvalue weighted by Gasteiger charge is -2.17. The summed E-state index contributed by atoms with van der Waals surface area (Å²) in [6.07, 6.45) is 4.76. The van der Waals surface area contributed by atoms with Gasteiger partial charge in [-0.3, -0.25) is 0 Å². The standard InChI is InChI=1S/C12H13FN4O2S/c1-8(11-16-6-10(13)7-17-11)9(2)20(18,19)12-14-4-3-5-15-12/h3-9H,1-2H3/t8-,9+/m1/s1. The Labute approximate surface area is 116 Å². The zero-order valence-electron chi connectivity index (χ0n) is 10.9. The first-order valence-electron chi connectivity index (χ1n) is 5.91. The Morgan fingerprint density at radius 2 is 1.60 bits per heavy atom. The fraction of sp³-hybridized carbons (Fsp3) is 0.333. The summed E-state index contributed by atoms with van der Waals surface area (Å²) in [6.45, 7) is 3.20. The van der Waals surface area contributed by atoms with E-state index in [1.54, 1.807) is 6.92 Å². The molecule has 0 aliphatic heterocycles. The third-order valence-electron chi connectivity index (χ3n) is 3.04. The van der Waals surface area contributed by atoms with Crippen molar-refractivity contribution in [1.29, 1.82) is 0 Å². The largest absolute Gasteiger partial charge is 0.247 e. The molecule has 2 atom stereocenters. The van der Waals surface area contributed by atoms with Crippen LogP contribution >= 0.6 is 0 Å². The molecule has 0 aromatic carbocycles. The number of sulfone groups is 1. The van der Waals surface area contributed by atoms with Crippen molar-refractivity contribution < 1.29 is 12.8 Å². The van der Waals surface area contributed by atoms with Crippen LogP contribution in [-0.4, -0.2) is 33.6 Å².